The smallest absolute Gasteiger partial charge is 0.345 e. The Morgan fingerprint density at radius 2 is 1.88 bits per heavy atom. The van der Waals surface area contributed by atoms with Crippen molar-refractivity contribution in [1.29, 1.82) is 0 Å². The number of amides is 2. The maximum Gasteiger partial charge on any atom is 0.416 e. The lowest BCUT2D eigenvalue weighted by Gasteiger charge is -2.17. The number of nitrogens with one attached hydrogen (secondary N) is 2. The third kappa shape index (κ3) is 6.99. The molecule has 0 fully saturated rings. The van der Waals surface area contributed by atoms with Gasteiger partial charge in [-0.05, 0) is 24.6 Å². The Bertz CT molecular complexity index is 717. The minimum absolute atomic E-state index is 0.107. The molecule has 0 aliphatic rings. The zero-order valence-corrected chi connectivity index (χ0v) is 13.8. The number of sulfone groups is 1. The van der Waals surface area contributed by atoms with E-state index < -0.39 is 39.4 Å². The third-order valence-electron chi connectivity index (χ3n) is 2.93. The topological polar surface area (TPSA) is 92.3 Å². The van der Waals surface area contributed by atoms with Gasteiger partial charge in [-0.25, -0.2) is 8.42 Å². The summed E-state index contributed by atoms with van der Waals surface area (Å²) in [6.45, 7) is 1.14. The molecule has 2 N–H and O–H groups in total. The second-order valence-corrected chi connectivity index (χ2v) is 7.50. The molecule has 0 aliphatic heterocycles. The van der Waals surface area contributed by atoms with Crippen LogP contribution in [0.5, 0.6) is 0 Å². The number of carbonyl (C=O) groups excluding carboxylic acids is 2. The van der Waals surface area contributed by atoms with Crippen molar-refractivity contribution in [2.45, 2.75) is 25.6 Å². The lowest BCUT2D eigenvalue weighted by molar-refractivity contribution is -0.137. The van der Waals surface area contributed by atoms with Crippen LogP contribution in [0.1, 0.15) is 18.9 Å². The molecule has 0 aliphatic carbocycles. The molecule has 24 heavy (non-hydrogen) atoms. The Hall–Kier alpha value is -2.10. The Morgan fingerprint density at radius 3 is 2.38 bits per heavy atom. The highest BCUT2D eigenvalue weighted by atomic mass is 32.2. The van der Waals surface area contributed by atoms with Crippen molar-refractivity contribution < 1.29 is 31.2 Å². The van der Waals surface area contributed by atoms with Gasteiger partial charge < -0.3 is 10.6 Å². The minimum atomic E-state index is -4.56. The number of benzene rings is 1. The molecule has 1 aromatic rings. The molecule has 134 valence electrons. The van der Waals surface area contributed by atoms with Crippen LogP contribution in [-0.4, -0.2) is 38.3 Å². The van der Waals surface area contributed by atoms with Crippen LogP contribution < -0.4 is 10.6 Å². The maximum absolute atomic E-state index is 12.7. The molecule has 0 bridgehead atoms. The predicted octanol–water partition coefficient (Wildman–Crippen LogP) is 1.58. The average Bonchev–Trinajstić information content (AvgIpc) is 2.41. The van der Waals surface area contributed by atoms with Crippen LogP contribution in [0.25, 0.3) is 0 Å². The first-order chi connectivity index (χ1) is 10.9. The maximum atomic E-state index is 12.7. The molecule has 6 nitrogen and oxygen atoms in total. The molecule has 10 heteroatoms. The van der Waals surface area contributed by atoms with Crippen LogP contribution in [0.2, 0.25) is 0 Å². The van der Waals surface area contributed by atoms with E-state index >= 15 is 0 Å². The van der Waals surface area contributed by atoms with E-state index in [9.17, 15) is 31.2 Å². The van der Waals surface area contributed by atoms with Gasteiger partial charge in [0.05, 0.1) is 11.3 Å². The first-order valence-electron chi connectivity index (χ1n) is 6.81. The molecule has 0 heterocycles. The van der Waals surface area contributed by atoms with E-state index in [0.29, 0.717) is 0 Å². The van der Waals surface area contributed by atoms with E-state index in [-0.39, 0.29) is 17.9 Å². The fourth-order valence-corrected chi connectivity index (χ4v) is 2.51. The number of anilines is 1. The first-order valence-corrected chi connectivity index (χ1v) is 8.87. The van der Waals surface area contributed by atoms with Gasteiger partial charge in [0, 0.05) is 18.9 Å². The lowest BCUT2D eigenvalue weighted by Crippen LogP contribution is -2.43. The van der Waals surface area contributed by atoms with Gasteiger partial charge in [0.25, 0.3) is 0 Å². The number of hydrogen-bond acceptors (Lipinski definition) is 4. The largest absolute Gasteiger partial charge is 0.416 e. The van der Waals surface area contributed by atoms with E-state index in [0.717, 1.165) is 31.4 Å². The summed E-state index contributed by atoms with van der Waals surface area (Å²) >= 11 is 0. The third-order valence-corrected chi connectivity index (χ3v) is 3.91. The summed E-state index contributed by atoms with van der Waals surface area (Å²) in [7, 11) is -3.37. The zero-order valence-electron chi connectivity index (χ0n) is 13.0. The molecule has 1 rings (SSSR count). The normalized spacial score (nSPS) is 13.2. The fourth-order valence-electron chi connectivity index (χ4n) is 1.85. The second-order valence-electron chi connectivity index (χ2n) is 5.24. The van der Waals surface area contributed by atoms with E-state index in [2.05, 4.69) is 10.6 Å². The Kier molecular flexibility index (Phi) is 6.35. The molecular weight excluding hydrogens is 349 g/mol. The van der Waals surface area contributed by atoms with Crippen molar-refractivity contribution in [1.82, 2.24) is 5.32 Å². The van der Waals surface area contributed by atoms with Crippen LogP contribution in [0, 0.1) is 0 Å². The van der Waals surface area contributed by atoms with Crippen molar-refractivity contribution in [3.8, 4) is 0 Å². The van der Waals surface area contributed by atoms with E-state index in [1.807, 2.05) is 0 Å². The summed E-state index contributed by atoms with van der Waals surface area (Å²) in [5, 5.41) is 4.53. The van der Waals surface area contributed by atoms with Gasteiger partial charge in [-0.1, -0.05) is 6.07 Å². The van der Waals surface area contributed by atoms with Gasteiger partial charge in [0.2, 0.25) is 11.8 Å². The van der Waals surface area contributed by atoms with E-state index in [1.165, 1.54) is 6.07 Å². The van der Waals surface area contributed by atoms with Crippen molar-refractivity contribution in [2.24, 2.45) is 0 Å². The van der Waals surface area contributed by atoms with Crippen molar-refractivity contribution in [3.63, 3.8) is 0 Å². The summed E-state index contributed by atoms with van der Waals surface area (Å²) in [5.41, 5.74) is -1.04. The summed E-state index contributed by atoms with van der Waals surface area (Å²) in [6.07, 6.45) is -3.78. The standard InChI is InChI=1S/C14H17F3N2O4S/c1-9(20)18-12(6-7-24(2,22)23)13(21)19-11-5-3-4-10(8-11)14(15,16)17/h3-5,8,12H,6-7H2,1-2H3,(H,18,20)(H,19,21). The van der Waals surface area contributed by atoms with Gasteiger partial charge in [0.15, 0.2) is 0 Å². The zero-order chi connectivity index (χ0) is 18.5. The Morgan fingerprint density at radius 1 is 1.25 bits per heavy atom. The molecule has 0 aromatic heterocycles. The molecular formula is C14H17F3N2O4S. The highest BCUT2D eigenvalue weighted by molar-refractivity contribution is 7.90. The van der Waals surface area contributed by atoms with Crippen LogP contribution in [0.4, 0.5) is 18.9 Å². The molecule has 1 unspecified atom stereocenters. The van der Waals surface area contributed by atoms with Crippen LogP contribution in [-0.2, 0) is 25.6 Å². The minimum Gasteiger partial charge on any atom is -0.345 e. The van der Waals surface area contributed by atoms with Gasteiger partial charge in [0.1, 0.15) is 15.9 Å². The summed E-state index contributed by atoms with van der Waals surface area (Å²) in [4.78, 5) is 23.3. The highest BCUT2D eigenvalue weighted by Gasteiger charge is 2.30. The summed E-state index contributed by atoms with van der Waals surface area (Å²) in [5.74, 6) is -1.71. The van der Waals surface area contributed by atoms with E-state index in [1.54, 1.807) is 0 Å². The number of alkyl halides is 3. The summed E-state index contributed by atoms with van der Waals surface area (Å²) in [6, 6.07) is 2.81. The van der Waals surface area contributed by atoms with Gasteiger partial charge in [-0.3, -0.25) is 9.59 Å². The number of halogens is 3. The summed E-state index contributed by atoms with van der Waals surface area (Å²) < 4.78 is 60.3. The molecule has 0 saturated carbocycles. The van der Waals surface area contributed by atoms with Gasteiger partial charge >= 0.3 is 6.18 Å². The molecule has 1 atom stereocenters. The van der Waals surface area contributed by atoms with Crippen molar-refractivity contribution in [2.75, 3.05) is 17.3 Å². The van der Waals surface area contributed by atoms with Crippen LogP contribution >= 0.6 is 0 Å². The van der Waals surface area contributed by atoms with Gasteiger partial charge in [-0.15, -0.1) is 0 Å². The highest BCUT2D eigenvalue weighted by Crippen LogP contribution is 2.30. The number of rotatable bonds is 6. The van der Waals surface area contributed by atoms with Crippen LogP contribution in [0.3, 0.4) is 0 Å². The Balaban J connectivity index is 2.89. The van der Waals surface area contributed by atoms with Crippen molar-refractivity contribution in [3.05, 3.63) is 29.8 Å². The number of hydrogen-bond donors (Lipinski definition) is 2. The monoisotopic (exact) mass is 366 g/mol. The molecule has 0 radical (unpaired) electrons. The molecule has 0 spiro atoms. The molecule has 0 saturated heterocycles. The second kappa shape index (κ2) is 7.65. The Labute approximate surface area is 137 Å². The quantitative estimate of drug-likeness (QED) is 0.800. The fraction of sp³-hybridized carbons (Fsp3) is 0.429. The van der Waals surface area contributed by atoms with E-state index in [4.69, 9.17) is 0 Å². The molecule has 2 amide bonds. The number of carbonyl (C=O) groups is 2. The average molecular weight is 366 g/mol. The van der Waals surface area contributed by atoms with Crippen molar-refractivity contribution >= 4 is 27.3 Å². The van der Waals surface area contributed by atoms with Crippen LogP contribution in [0.15, 0.2) is 24.3 Å². The lowest BCUT2D eigenvalue weighted by atomic mass is 10.1. The van der Waals surface area contributed by atoms with Gasteiger partial charge in [-0.2, -0.15) is 13.2 Å². The molecule has 1 aromatic carbocycles. The SMILES string of the molecule is CC(=O)NC(CCS(C)(=O)=O)C(=O)Nc1cccc(C(F)(F)F)c1. The first kappa shape index (κ1) is 19.9. The predicted molar refractivity (Wildman–Crippen MR) is 82.0 cm³/mol.